The van der Waals surface area contributed by atoms with E-state index in [2.05, 4.69) is 69.4 Å². The van der Waals surface area contributed by atoms with E-state index >= 15 is 0 Å². The SMILES string of the molecule is CC/C=C\C/C=C\C/C=C\C/C=C\CCCCCCCCCCCCC(=O)OCC(COC(=O)CCCCCCCCCCCCCC)OC(=O)CCCCCCCCCCCCCC. The fraction of sp³-hybridized carbons (Fsp3) is 0.814. The third kappa shape index (κ3) is 52.2. The minimum Gasteiger partial charge on any atom is -0.462 e. The van der Waals surface area contributed by atoms with Gasteiger partial charge in [-0.25, -0.2) is 0 Å². The summed E-state index contributed by atoms with van der Waals surface area (Å²) in [5.41, 5.74) is 0. The lowest BCUT2D eigenvalue weighted by molar-refractivity contribution is -0.167. The number of hydrogen-bond acceptors (Lipinski definition) is 6. The fourth-order valence-corrected chi connectivity index (χ4v) is 8.14. The van der Waals surface area contributed by atoms with Crippen molar-refractivity contribution >= 4 is 17.9 Å². The molecule has 1 atom stereocenters. The third-order valence-electron chi connectivity index (χ3n) is 12.3. The van der Waals surface area contributed by atoms with Crippen LogP contribution in [0.1, 0.15) is 290 Å². The van der Waals surface area contributed by atoms with Crippen molar-refractivity contribution in [2.75, 3.05) is 13.2 Å². The Labute approximate surface area is 403 Å². The molecule has 0 aliphatic rings. The van der Waals surface area contributed by atoms with Gasteiger partial charge in [-0.15, -0.1) is 0 Å². The summed E-state index contributed by atoms with van der Waals surface area (Å²) >= 11 is 0. The van der Waals surface area contributed by atoms with E-state index in [1.807, 2.05) is 0 Å². The molecule has 0 aromatic heterocycles. The molecule has 0 spiro atoms. The van der Waals surface area contributed by atoms with Crippen LogP contribution in [0, 0.1) is 0 Å². The maximum atomic E-state index is 12.8. The van der Waals surface area contributed by atoms with Gasteiger partial charge in [0.25, 0.3) is 0 Å². The van der Waals surface area contributed by atoms with E-state index in [4.69, 9.17) is 14.2 Å². The number of esters is 3. The van der Waals surface area contributed by atoms with Crippen LogP contribution in [-0.4, -0.2) is 37.2 Å². The molecular formula is C59H106O6. The average Bonchev–Trinajstić information content (AvgIpc) is 3.30. The smallest absolute Gasteiger partial charge is 0.306 e. The highest BCUT2D eigenvalue weighted by Gasteiger charge is 2.19. The maximum absolute atomic E-state index is 12.8. The molecule has 0 aromatic rings. The molecule has 0 saturated heterocycles. The molecule has 0 heterocycles. The van der Waals surface area contributed by atoms with E-state index < -0.39 is 6.10 Å². The van der Waals surface area contributed by atoms with Gasteiger partial charge in [0.15, 0.2) is 6.10 Å². The Morgan fingerprint density at radius 3 is 0.938 bits per heavy atom. The van der Waals surface area contributed by atoms with Crippen molar-refractivity contribution in [2.24, 2.45) is 0 Å². The van der Waals surface area contributed by atoms with Crippen molar-refractivity contribution in [1.82, 2.24) is 0 Å². The predicted molar refractivity (Wildman–Crippen MR) is 279 cm³/mol. The molecule has 0 aliphatic carbocycles. The molecule has 6 nitrogen and oxygen atoms in total. The van der Waals surface area contributed by atoms with Crippen molar-refractivity contribution in [3.05, 3.63) is 48.6 Å². The second-order valence-electron chi connectivity index (χ2n) is 18.8. The molecule has 1 unspecified atom stereocenters. The van der Waals surface area contributed by atoms with Gasteiger partial charge in [-0.2, -0.15) is 0 Å². The van der Waals surface area contributed by atoms with Gasteiger partial charge in [0.2, 0.25) is 0 Å². The molecule has 0 rings (SSSR count). The Morgan fingerprint density at radius 1 is 0.323 bits per heavy atom. The predicted octanol–water partition coefficient (Wildman–Crippen LogP) is 18.7. The lowest BCUT2D eigenvalue weighted by Gasteiger charge is -2.18. The number of hydrogen-bond donors (Lipinski definition) is 0. The third-order valence-corrected chi connectivity index (χ3v) is 12.3. The summed E-state index contributed by atoms with van der Waals surface area (Å²) in [5, 5.41) is 0. The fourth-order valence-electron chi connectivity index (χ4n) is 8.14. The van der Waals surface area contributed by atoms with Gasteiger partial charge >= 0.3 is 17.9 Å². The Morgan fingerprint density at radius 2 is 0.600 bits per heavy atom. The quantitative estimate of drug-likeness (QED) is 0.0262. The van der Waals surface area contributed by atoms with E-state index in [0.717, 1.165) is 83.5 Å². The Kier molecular flexibility index (Phi) is 51.8. The Hall–Kier alpha value is -2.63. The Balaban J connectivity index is 4.25. The van der Waals surface area contributed by atoms with E-state index in [0.29, 0.717) is 19.3 Å². The highest BCUT2D eigenvalue weighted by Crippen LogP contribution is 2.16. The van der Waals surface area contributed by atoms with Gasteiger partial charge < -0.3 is 14.2 Å². The highest BCUT2D eigenvalue weighted by atomic mass is 16.6. The summed E-state index contributed by atoms with van der Waals surface area (Å²) in [6.07, 6.45) is 65.3. The van der Waals surface area contributed by atoms with Gasteiger partial charge in [-0.3, -0.25) is 14.4 Å². The maximum Gasteiger partial charge on any atom is 0.306 e. The van der Waals surface area contributed by atoms with Crippen molar-refractivity contribution in [3.8, 4) is 0 Å². The molecular weight excluding hydrogens is 805 g/mol. The lowest BCUT2D eigenvalue weighted by atomic mass is 10.0. The van der Waals surface area contributed by atoms with Gasteiger partial charge in [0, 0.05) is 19.3 Å². The number of ether oxygens (including phenoxy) is 3. The minimum absolute atomic E-state index is 0.0696. The van der Waals surface area contributed by atoms with Crippen LogP contribution in [0.4, 0.5) is 0 Å². The molecule has 0 N–H and O–H groups in total. The first-order valence-electron chi connectivity index (χ1n) is 28.1. The minimum atomic E-state index is -0.769. The zero-order chi connectivity index (χ0) is 47.2. The normalized spacial score (nSPS) is 12.4. The summed E-state index contributed by atoms with van der Waals surface area (Å²) in [5.74, 6) is -0.861. The molecule has 0 bridgehead atoms. The van der Waals surface area contributed by atoms with Crippen molar-refractivity contribution < 1.29 is 28.6 Å². The number of carbonyl (C=O) groups is 3. The van der Waals surface area contributed by atoms with Crippen LogP contribution in [0.15, 0.2) is 48.6 Å². The van der Waals surface area contributed by atoms with Gasteiger partial charge in [-0.05, 0) is 57.8 Å². The molecule has 0 aromatic carbocycles. The summed E-state index contributed by atoms with van der Waals surface area (Å²) in [7, 11) is 0. The van der Waals surface area contributed by atoms with Gasteiger partial charge in [0.05, 0.1) is 0 Å². The zero-order valence-electron chi connectivity index (χ0n) is 43.3. The van der Waals surface area contributed by atoms with Crippen LogP contribution in [-0.2, 0) is 28.6 Å². The number of carbonyl (C=O) groups excluding carboxylic acids is 3. The topological polar surface area (TPSA) is 78.9 Å². The van der Waals surface area contributed by atoms with Crippen LogP contribution in [0.5, 0.6) is 0 Å². The van der Waals surface area contributed by atoms with E-state index in [1.54, 1.807) is 0 Å². The number of rotatable bonds is 51. The largest absolute Gasteiger partial charge is 0.462 e. The first-order valence-corrected chi connectivity index (χ1v) is 28.1. The van der Waals surface area contributed by atoms with E-state index in [-0.39, 0.29) is 31.1 Å². The molecule has 0 radical (unpaired) electrons. The molecule has 0 fully saturated rings. The average molecular weight is 911 g/mol. The van der Waals surface area contributed by atoms with Crippen LogP contribution in [0.2, 0.25) is 0 Å². The molecule has 65 heavy (non-hydrogen) atoms. The van der Waals surface area contributed by atoms with Crippen molar-refractivity contribution in [1.29, 1.82) is 0 Å². The Bertz CT molecular complexity index is 1140. The number of unbranched alkanes of at least 4 members (excludes halogenated alkanes) is 32. The molecule has 6 heteroatoms. The second kappa shape index (κ2) is 54.0. The van der Waals surface area contributed by atoms with E-state index in [9.17, 15) is 14.4 Å². The summed E-state index contributed by atoms with van der Waals surface area (Å²) in [6, 6.07) is 0. The van der Waals surface area contributed by atoms with Crippen molar-refractivity contribution in [3.63, 3.8) is 0 Å². The second-order valence-corrected chi connectivity index (χ2v) is 18.8. The highest BCUT2D eigenvalue weighted by molar-refractivity contribution is 5.71. The van der Waals surface area contributed by atoms with Crippen LogP contribution in [0.25, 0.3) is 0 Å². The monoisotopic (exact) mass is 911 g/mol. The van der Waals surface area contributed by atoms with Crippen LogP contribution in [0.3, 0.4) is 0 Å². The molecule has 378 valence electrons. The standard InChI is InChI=1S/C59H106O6/c1-4-7-10-13-16-19-22-25-26-27-28-29-30-31-32-33-34-35-38-40-43-46-49-52-58(61)64-55-56(65-59(62)53-50-47-44-41-37-24-21-18-15-12-9-6-3)54-63-57(60)51-48-45-42-39-36-23-20-17-14-11-8-5-2/h7,10,16,19,25-26,28-29,56H,4-6,8-9,11-15,17-18,20-24,27,30-55H2,1-3H3/b10-7-,19-16-,26-25-,29-28-. The van der Waals surface area contributed by atoms with Gasteiger partial charge in [0.1, 0.15) is 13.2 Å². The molecule has 0 saturated carbocycles. The first kappa shape index (κ1) is 62.4. The zero-order valence-corrected chi connectivity index (χ0v) is 43.3. The molecule has 0 amide bonds. The first-order chi connectivity index (χ1) is 32.0. The van der Waals surface area contributed by atoms with Crippen LogP contribution < -0.4 is 0 Å². The summed E-state index contributed by atoms with van der Waals surface area (Å²) < 4.78 is 16.8. The van der Waals surface area contributed by atoms with Crippen LogP contribution >= 0.6 is 0 Å². The lowest BCUT2D eigenvalue weighted by Crippen LogP contribution is -2.30. The van der Waals surface area contributed by atoms with Crippen molar-refractivity contribution in [2.45, 2.75) is 297 Å². The summed E-state index contributed by atoms with van der Waals surface area (Å²) in [6.45, 7) is 6.54. The van der Waals surface area contributed by atoms with Gasteiger partial charge in [-0.1, -0.05) is 262 Å². The molecule has 0 aliphatic heterocycles. The van der Waals surface area contributed by atoms with E-state index in [1.165, 1.54) is 167 Å². The summed E-state index contributed by atoms with van der Waals surface area (Å²) in [4.78, 5) is 38.0. The number of allylic oxidation sites excluding steroid dienone is 8.